The predicted molar refractivity (Wildman–Crippen MR) is 338 cm³/mol. The number of hydrogen-bond donors (Lipinski definition) is 0. The molecule has 15 rings (SSSR count). The third kappa shape index (κ3) is 6.97. The quantitative estimate of drug-likeness (QED) is 0.161. The van der Waals surface area contributed by atoms with Gasteiger partial charge in [0.1, 0.15) is 0 Å². The van der Waals surface area contributed by atoms with Crippen LogP contribution in [0.3, 0.4) is 0 Å². The van der Waals surface area contributed by atoms with E-state index in [2.05, 4.69) is 308 Å². The molecule has 2 nitrogen and oxygen atoms in total. The highest BCUT2D eigenvalue weighted by atomic mass is 15.1. The molecule has 0 saturated carbocycles. The fourth-order valence-electron chi connectivity index (χ4n) is 14.2. The summed E-state index contributed by atoms with van der Waals surface area (Å²) in [6.45, 7) is 18.8. The molecule has 0 radical (unpaired) electrons. The second-order valence-corrected chi connectivity index (χ2v) is 25.3. The Labute approximate surface area is 471 Å². The minimum atomic E-state index is -0.524. The van der Waals surface area contributed by atoms with E-state index in [4.69, 9.17) is 0 Å². The van der Waals surface area contributed by atoms with Crippen LogP contribution < -0.4 is 4.90 Å². The van der Waals surface area contributed by atoms with Crippen LogP contribution in [0.15, 0.2) is 243 Å². The van der Waals surface area contributed by atoms with Crippen molar-refractivity contribution in [3.63, 3.8) is 0 Å². The zero-order valence-corrected chi connectivity index (χ0v) is 47.0. The fourth-order valence-corrected chi connectivity index (χ4v) is 14.2. The van der Waals surface area contributed by atoms with Crippen LogP contribution in [-0.4, -0.2) is 4.57 Å². The van der Waals surface area contributed by atoms with Gasteiger partial charge in [0.25, 0.3) is 0 Å². The second kappa shape index (κ2) is 17.3. The highest BCUT2D eigenvalue weighted by Crippen LogP contribution is 2.65. The summed E-state index contributed by atoms with van der Waals surface area (Å²) in [7, 11) is 0. The third-order valence-corrected chi connectivity index (χ3v) is 18.3. The fraction of sp³-hybridized carbons (Fsp3) is 0.154. The summed E-state index contributed by atoms with van der Waals surface area (Å²) >= 11 is 0. The van der Waals surface area contributed by atoms with Crippen LogP contribution in [0.5, 0.6) is 0 Å². The van der Waals surface area contributed by atoms with Crippen molar-refractivity contribution in [1.82, 2.24) is 4.57 Å². The minimum absolute atomic E-state index is 0.0313. The van der Waals surface area contributed by atoms with Crippen molar-refractivity contribution in [2.24, 2.45) is 0 Å². The standard InChI is InChI=1S/C78H64N2/c1-75(2,3)53-35-41-59-60-42-36-54(76(4,5)6)46-70(60)78(69(59)45-53)66-27-18-16-25-61(66)74-67(78)28-19-29-72(74)79(56-37-30-50(31-38-56)49-20-11-9-12-21-49)57-39-32-51(33-40-57)52-34-43-71-63(44-52)64-47-62-58-24-15-17-26-65(58)77(7,8)68(62)48-73(64)80(71)55-22-13-10-14-23-55/h9-48H,1-8H3. The first-order valence-electron chi connectivity index (χ1n) is 28.6. The second-order valence-electron chi connectivity index (χ2n) is 25.3. The molecular formula is C78H64N2. The molecule has 1 aromatic heterocycles. The number of hydrogen-bond acceptors (Lipinski definition) is 1. The molecule has 0 bridgehead atoms. The van der Waals surface area contributed by atoms with Gasteiger partial charge in [-0.2, -0.15) is 0 Å². The summed E-state index contributed by atoms with van der Waals surface area (Å²) in [5, 5.41) is 2.52. The molecular weight excluding hydrogens is 965 g/mol. The van der Waals surface area contributed by atoms with Crippen molar-refractivity contribution in [3.05, 3.63) is 287 Å². The number of benzene rings is 11. The van der Waals surface area contributed by atoms with E-state index in [1.54, 1.807) is 0 Å². The first-order valence-corrected chi connectivity index (χ1v) is 28.6. The van der Waals surface area contributed by atoms with Gasteiger partial charge in [0.05, 0.1) is 22.1 Å². The molecule has 0 fully saturated rings. The molecule has 0 N–H and O–H groups in total. The topological polar surface area (TPSA) is 8.17 Å². The van der Waals surface area contributed by atoms with Crippen molar-refractivity contribution in [2.75, 3.05) is 4.90 Å². The largest absolute Gasteiger partial charge is 0.310 e. The molecule has 1 spiro atoms. The number of anilines is 3. The number of nitrogens with zero attached hydrogens (tertiary/aromatic N) is 2. The molecule has 0 amide bonds. The van der Waals surface area contributed by atoms with Gasteiger partial charge in [-0.15, -0.1) is 0 Å². The normalized spacial score (nSPS) is 14.2. The molecule has 2 heteroatoms. The lowest BCUT2D eigenvalue weighted by atomic mass is 9.69. The summed E-state index contributed by atoms with van der Waals surface area (Å²) < 4.78 is 2.47. The Bertz CT molecular complexity index is 4420. The smallest absolute Gasteiger partial charge is 0.0726 e. The van der Waals surface area contributed by atoms with E-state index >= 15 is 0 Å². The maximum Gasteiger partial charge on any atom is 0.0726 e. The SMILES string of the molecule is CC(C)(C)c1ccc2c(c1)C1(c3cc(C(C)(C)C)ccc3-2)c2ccccc2-c2c(N(c3ccc(-c4ccccc4)cc3)c3ccc(-c4ccc5c(c4)c4cc6c(cc4n5-c4ccccc4)C(C)(C)c4ccccc4-6)cc3)cccc21. The monoisotopic (exact) mass is 1030 g/mol. The van der Waals surface area contributed by atoms with Crippen LogP contribution >= 0.6 is 0 Å². The van der Waals surface area contributed by atoms with Gasteiger partial charge in [0, 0.05) is 38.8 Å². The van der Waals surface area contributed by atoms with Crippen molar-refractivity contribution in [2.45, 2.75) is 77.0 Å². The van der Waals surface area contributed by atoms with E-state index in [0.717, 1.165) is 17.1 Å². The Morgan fingerprint density at radius 3 is 1.46 bits per heavy atom. The molecule has 11 aromatic carbocycles. The summed E-state index contributed by atoms with van der Waals surface area (Å²) in [6.07, 6.45) is 0. The molecule has 80 heavy (non-hydrogen) atoms. The molecule has 0 atom stereocenters. The van der Waals surface area contributed by atoms with Crippen molar-refractivity contribution < 1.29 is 0 Å². The van der Waals surface area contributed by atoms with E-state index < -0.39 is 5.41 Å². The minimum Gasteiger partial charge on any atom is -0.310 e. The lowest BCUT2D eigenvalue weighted by Crippen LogP contribution is -2.27. The molecule has 12 aromatic rings. The van der Waals surface area contributed by atoms with E-state index in [-0.39, 0.29) is 16.2 Å². The van der Waals surface area contributed by atoms with Gasteiger partial charge < -0.3 is 9.47 Å². The Morgan fingerprint density at radius 2 is 0.838 bits per heavy atom. The van der Waals surface area contributed by atoms with Crippen LogP contribution in [0.2, 0.25) is 0 Å². The first-order chi connectivity index (χ1) is 38.7. The first kappa shape index (κ1) is 48.2. The Kier molecular flexibility index (Phi) is 10.4. The maximum atomic E-state index is 2.55. The van der Waals surface area contributed by atoms with Crippen LogP contribution in [0.1, 0.15) is 99.9 Å². The van der Waals surface area contributed by atoms with Gasteiger partial charge >= 0.3 is 0 Å². The van der Waals surface area contributed by atoms with Crippen molar-refractivity contribution in [3.8, 4) is 61.3 Å². The van der Waals surface area contributed by atoms with Crippen LogP contribution in [0, 0.1) is 0 Å². The summed E-state index contributed by atoms with van der Waals surface area (Å²) in [5.74, 6) is 0. The Balaban J connectivity index is 0.922. The van der Waals surface area contributed by atoms with Gasteiger partial charge in [-0.25, -0.2) is 0 Å². The van der Waals surface area contributed by atoms with Gasteiger partial charge in [-0.05, 0) is 172 Å². The van der Waals surface area contributed by atoms with Crippen LogP contribution in [-0.2, 0) is 21.7 Å². The molecule has 3 aliphatic rings. The number of para-hydroxylation sites is 1. The Hall–Kier alpha value is -8.98. The van der Waals surface area contributed by atoms with E-state index in [1.807, 2.05) is 0 Å². The molecule has 1 heterocycles. The van der Waals surface area contributed by atoms with Crippen molar-refractivity contribution >= 4 is 38.9 Å². The zero-order chi connectivity index (χ0) is 54.5. The van der Waals surface area contributed by atoms with Crippen molar-refractivity contribution in [1.29, 1.82) is 0 Å². The van der Waals surface area contributed by atoms with E-state index in [9.17, 15) is 0 Å². The number of fused-ring (bicyclic) bond motifs is 16. The van der Waals surface area contributed by atoms with Gasteiger partial charge in [-0.3, -0.25) is 0 Å². The molecule has 0 unspecified atom stereocenters. The molecule has 386 valence electrons. The predicted octanol–water partition coefficient (Wildman–Crippen LogP) is 20.8. The number of aromatic nitrogens is 1. The average Bonchev–Trinajstić information content (AvgIpc) is 3.90. The van der Waals surface area contributed by atoms with Gasteiger partial charge in [0.2, 0.25) is 0 Å². The maximum absolute atomic E-state index is 2.55. The lowest BCUT2D eigenvalue weighted by molar-refractivity contribution is 0.586. The molecule has 3 aliphatic carbocycles. The van der Waals surface area contributed by atoms with Gasteiger partial charge in [-0.1, -0.05) is 231 Å². The van der Waals surface area contributed by atoms with Crippen LogP contribution in [0.25, 0.3) is 83.1 Å². The van der Waals surface area contributed by atoms with E-state index in [0.29, 0.717) is 0 Å². The zero-order valence-electron chi connectivity index (χ0n) is 47.0. The lowest BCUT2D eigenvalue weighted by Gasteiger charge is -2.33. The molecule has 0 aliphatic heterocycles. The highest BCUT2D eigenvalue weighted by Gasteiger charge is 2.53. The van der Waals surface area contributed by atoms with Crippen LogP contribution in [0.4, 0.5) is 17.1 Å². The average molecular weight is 1030 g/mol. The van der Waals surface area contributed by atoms with E-state index in [1.165, 1.54) is 128 Å². The Morgan fingerprint density at radius 1 is 0.338 bits per heavy atom. The van der Waals surface area contributed by atoms with Gasteiger partial charge in [0.15, 0.2) is 0 Å². The summed E-state index contributed by atoms with van der Waals surface area (Å²) in [4.78, 5) is 2.51. The molecule has 0 saturated heterocycles. The third-order valence-electron chi connectivity index (χ3n) is 18.3. The summed E-state index contributed by atoms with van der Waals surface area (Å²) in [5.41, 5.74) is 29.8. The highest BCUT2D eigenvalue weighted by molar-refractivity contribution is 6.13. The summed E-state index contributed by atoms with van der Waals surface area (Å²) in [6, 6.07) is 92.2. The number of rotatable bonds is 6.